The molecule has 27 heavy (non-hydrogen) atoms. The summed E-state index contributed by atoms with van der Waals surface area (Å²) in [6, 6.07) is 16.5. The first kappa shape index (κ1) is 18.9. The fourth-order valence-electron chi connectivity index (χ4n) is 2.19. The van der Waals surface area contributed by atoms with Gasteiger partial charge in [-0.3, -0.25) is 4.79 Å². The molecule has 0 atom stereocenters. The van der Waals surface area contributed by atoms with Gasteiger partial charge in [0, 0.05) is 16.9 Å². The number of furan rings is 2. The molecule has 136 valence electrons. The second-order valence-electron chi connectivity index (χ2n) is 5.50. The Hall–Kier alpha value is -2.88. The molecule has 0 fully saturated rings. The van der Waals surface area contributed by atoms with Crippen molar-refractivity contribution in [2.75, 3.05) is 0 Å². The van der Waals surface area contributed by atoms with Crippen LogP contribution in [0.4, 0.5) is 0 Å². The number of rotatable bonds is 7. The molecule has 0 saturated heterocycles. The van der Waals surface area contributed by atoms with E-state index < -0.39 is 5.91 Å². The largest absolute Gasteiger partial charge is 0.467 e. The molecule has 5 nitrogen and oxygen atoms in total. The van der Waals surface area contributed by atoms with Gasteiger partial charge in [-0.15, -0.1) is 0 Å². The number of thioether (sulfide) groups is 1. The molecule has 0 aliphatic heterocycles. The van der Waals surface area contributed by atoms with Crippen LogP contribution in [0.2, 0.25) is 5.02 Å². The first-order valence-electron chi connectivity index (χ1n) is 8.03. The third-order valence-corrected chi connectivity index (χ3v) is 4.79. The van der Waals surface area contributed by atoms with Crippen LogP contribution in [0.25, 0.3) is 6.08 Å². The van der Waals surface area contributed by atoms with Crippen LogP contribution < -0.4 is 5.32 Å². The number of halogens is 1. The van der Waals surface area contributed by atoms with E-state index >= 15 is 0 Å². The van der Waals surface area contributed by atoms with Crippen molar-refractivity contribution in [1.29, 1.82) is 5.26 Å². The summed E-state index contributed by atoms with van der Waals surface area (Å²) in [5.41, 5.74) is 1.08. The molecule has 0 bridgehead atoms. The molecule has 0 radical (unpaired) electrons. The van der Waals surface area contributed by atoms with Gasteiger partial charge in [0.15, 0.2) is 5.09 Å². The molecule has 2 aromatic heterocycles. The molecule has 0 aliphatic rings. The van der Waals surface area contributed by atoms with Crippen molar-refractivity contribution in [3.05, 3.63) is 82.5 Å². The zero-order chi connectivity index (χ0) is 19.1. The lowest BCUT2D eigenvalue weighted by Gasteiger charge is -2.01. The molecule has 0 aliphatic carbocycles. The second kappa shape index (κ2) is 9.17. The maximum Gasteiger partial charge on any atom is 0.262 e. The van der Waals surface area contributed by atoms with Crippen molar-refractivity contribution in [3.63, 3.8) is 0 Å². The van der Waals surface area contributed by atoms with Gasteiger partial charge in [-0.1, -0.05) is 35.5 Å². The average Bonchev–Trinajstić information content (AvgIpc) is 3.35. The van der Waals surface area contributed by atoms with E-state index in [-0.39, 0.29) is 12.1 Å². The van der Waals surface area contributed by atoms with E-state index in [1.165, 1.54) is 24.1 Å². The number of amides is 1. The van der Waals surface area contributed by atoms with Crippen LogP contribution in [-0.2, 0) is 17.1 Å². The maximum absolute atomic E-state index is 12.1. The highest BCUT2D eigenvalue weighted by molar-refractivity contribution is 7.98. The van der Waals surface area contributed by atoms with Crippen molar-refractivity contribution in [3.8, 4) is 6.07 Å². The van der Waals surface area contributed by atoms with Crippen molar-refractivity contribution in [2.24, 2.45) is 0 Å². The van der Waals surface area contributed by atoms with Crippen LogP contribution in [0.15, 0.2) is 74.3 Å². The van der Waals surface area contributed by atoms with Gasteiger partial charge in [-0.25, -0.2) is 0 Å². The number of nitrogens with zero attached hydrogens (tertiary/aromatic N) is 1. The zero-order valence-corrected chi connectivity index (χ0v) is 15.7. The number of hydrogen-bond donors (Lipinski definition) is 1. The molecule has 1 amide bonds. The number of benzene rings is 1. The van der Waals surface area contributed by atoms with E-state index in [9.17, 15) is 10.1 Å². The molecule has 1 aromatic carbocycles. The van der Waals surface area contributed by atoms with Crippen molar-refractivity contribution in [1.82, 2.24) is 5.32 Å². The van der Waals surface area contributed by atoms with Crippen LogP contribution in [0.5, 0.6) is 0 Å². The molecule has 0 saturated carbocycles. The molecule has 2 heterocycles. The second-order valence-corrected chi connectivity index (χ2v) is 6.92. The number of nitriles is 1. The quantitative estimate of drug-likeness (QED) is 0.342. The van der Waals surface area contributed by atoms with Crippen molar-refractivity contribution >= 4 is 35.3 Å². The minimum atomic E-state index is -0.485. The van der Waals surface area contributed by atoms with Crippen molar-refractivity contribution in [2.45, 2.75) is 17.4 Å². The Bertz CT molecular complexity index is 970. The fraction of sp³-hybridized carbons (Fsp3) is 0.100. The van der Waals surface area contributed by atoms with E-state index in [4.69, 9.17) is 20.4 Å². The Kier molecular flexibility index (Phi) is 6.42. The van der Waals surface area contributed by atoms with E-state index in [2.05, 4.69) is 5.32 Å². The monoisotopic (exact) mass is 398 g/mol. The summed E-state index contributed by atoms with van der Waals surface area (Å²) in [6.07, 6.45) is 2.94. The van der Waals surface area contributed by atoms with Gasteiger partial charge in [0.05, 0.1) is 12.8 Å². The van der Waals surface area contributed by atoms with Gasteiger partial charge in [0.2, 0.25) is 0 Å². The summed E-state index contributed by atoms with van der Waals surface area (Å²) in [7, 11) is 0. The number of hydrogen-bond acceptors (Lipinski definition) is 5. The molecule has 0 unspecified atom stereocenters. The summed E-state index contributed by atoms with van der Waals surface area (Å²) in [4.78, 5) is 12.1. The Balaban J connectivity index is 1.59. The van der Waals surface area contributed by atoms with Gasteiger partial charge in [0.25, 0.3) is 5.91 Å². The summed E-state index contributed by atoms with van der Waals surface area (Å²) in [6.45, 7) is 0.213. The van der Waals surface area contributed by atoms with Gasteiger partial charge >= 0.3 is 0 Å². The van der Waals surface area contributed by atoms with Gasteiger partial charge in [-0.05, 0) is 42.0 Å². The van der Waals surface area contributed by atoms with Crippen LogP contribution in [0, 0.1) is 11.3 Å². The summed E-state index contributed by atoms with van der Waals surface area (Å²) in [5, 5.41) is 13.3. The standard InChI is InChI=1S/C20H15ClN2O3S/c21-16-5-3-14(4-6-16)13-27-19-8-7-17(26-19)10-15(11-22)20(24)23-12-18-2-1-9-25-18/h1-10H,12-13H2,(H,23,24). The van der Waals surface area contributed by atoms with Gasteiger partial charge in [-0.2, -0.15) is 5.26 Å². The minimum absolute atomic E-state index is 0.0369. The first-order chi connectivity index (χ1) is 13.1. The van der Waals surface area contributed by atoms with Gasteiger partial charge in [0.1, 0.15) is 23.2 Å². The van der Waals surface area contributed by atoms with Crippen LogP contribution >= 0.6 is 23.4 Å². The molecule has 3 aromatic rings. The summed E-state index contributed by atoms with van der Waals surface area (Å²) in [5.74, 6) is 1.29. The number of carbonyl (C=O) groups is 1. The highest BCUT2D eigenvalue weighted by Gasteiger charge is 2.11. The third-order valence-electron chi connectivity index (χ3n) is 3.55. The Morgan fingerprint density at radius 2 is 2.04 bits per heavy atom. The lowest BCUT2D eigenvalue weighted by atomic mass is 10.2. The van der Waals surface area contributed by atoms with Crippen LogP contribution in [-0.4, -0.2) is 5.91 Å². The van der Waals surface area contributed by atoms with Crippen molar-refractivity contribution < 1.29 is 13.6 Å². The van der Waals surface area contributed by atoms with Crippen LogP contribution in [0.1, 0.15) is 17.1 Å². The Morgan fingerprint density at radius 1 is 1.22 bits per heavy atom. The Labute approximate surface area is 165 Å². The third kappa shape index (κ3) is 5.55. The minimum Gasteiger partial charge on any atom is -0.467 e. The SMILES string of the molecule is N#CC(=Cc1ccc(SCc2ccc(Cl)cc2)o1)C(=O)NCc1ccco1. The first-order valence-corrected chi connectivity index (χ1v) is 9.40. The lowest BCUT2D eigenvalue weighted by Crippen LogP contribution is -2.23. The predicted octanol–water partition coefficient (Wildman–Crippen LogP) is 5.04. The topological polar surface area (TPSA) is 79.2 Å². The predicted molar refractivity (Wildman–Crippen MR) is 104 cm³/mol. The van der Waals surface area contributed by atoms with Crippen LogP contribution in [0.3, 0.4) is 0 Å². The smallest absolute Gasteiger partial charge is 0.262 e. The molecule has 7 heteroatoms. The van der Waals surface area contributed by atoms with Gasteiger partial charge < -0.3 is 14.2 Å². The lowest BCUT2D eigenvalue weighted by molar-refractivity contribution is -0.117. The molecular formula is C20H15ClN2O3S. The average molecular weight is 399 g/mol. The zero-order valence-electron chi connectivity index (χ0n) is 14.1. The molecule has 3 rings (SSSR count). The van der Waals surface area contributed by atoms with E-state index in [1.807, 2.05) is 36.4 Å². The highest BCUT2D eigenvalue weighted by atomic mass is 35.5. The molecular weight excluding hydrogens is 384 g/mol. The fourth-order valence-corrected chi connectivity index (χ4v) is 3.14. The van der Waals surface area contributed by atoms with E-state index in [0.29, 0.717) is 21.6 Å². The normalized spacial score (nSPS) is 11.2. The van der Waals surface area contributed by atoms with E-state index in [0.717, 1.165) is 11.3 Å². The molecule has 1 N–H and O–H groups in total. The Morgan fingerprint density at radius 3 is 2.74 bits per heavy atom. The summed E-state index contributed by atoms with van der Waals surface area (Å²) >= 11 is 7.39. The van der Waals surface area contributed by atoms with E-state index in [1.54, 1.807) is 18.2 Å². The number of nitrogens with one attached hydrogen (secondary N) is 1. The number of carbonyl (C=O) groups excluding carboxylic acids is 1. The molecule has 0 spiro atoms. The maximum atomic E-state index is 12.1. The summed E-state index contributed by atoms with van der Waals surface area (Å²) < 4.78 is 10.8. The highest BCUT2D eigenvalue weighted by Crippen LogP contribution is 2.26.